The van der Waals surface area contributed by atoms with E-state index < -0.39 is 0 Å². The van der Waals surface area contributed by atoms with E-state index in [0.29, 0.717) is 0 Å². The highest BCUT2D eigenvalue weighted by molar-refractivity contribution is 5.70. The highest BCUT2D eigenvalue weighted by Crippen LogP contribution is 2.26. The van der Waals surface area contributed by atoms with E-state index in [9.17, 15) is 0 Å². The molecule has 2 aromatic rings. The van der Waals surface area contributed by atoms with Gasteiger partial charge in [0.2, 0.25) is 0 Å². The highest BCUT2D eigenvalue weighted by atomic mass is 14.1. The molecule has 2 aromatic carbocycles. The molecule has 0 radical (unpaired) electrons. The largest absolute Gasteiger partial charge is 0.0617 e. The third-order valence-corrected chi connectivity index (χ3v) is 2.82. The molecule has 76 valence electrons. The SMILES string of the molecule is Cc1ccc(-c2c(C)cccc2C)cc1. The van der Waals surface area contributed by atoms with E-state index in [-0.39, 0.29) is 0 Å². The molecule has 0 bridgehead atoms. The van der Waals surface area contributed by atoms with Gasteiger partial charge in [0, 0.05) is 0 Å². The lowest BCUT2D eigenvalue weighted by Gasteiger charge is -2.09. The summed E-state index contributed by atoms with van der Waals surface area (Å²) in [4.78, 5) is 0. The topological polar surface area (TPSA) is 0 Å². The van der Waals surface area contributed by atoms with Gasteiger partial charge in [0.25, 0.3) is 0 Å². The van der Waals surface area contributed by atoms with Crippen LogP contribution in [0.3, 0.4) is 0 Å². The number of aryl methyl sites for hydroxylation is 3. The zero-order chi connectivity index (χ0) is 10.8. The van der Waals surface area contributed by atoms with E-state index in [0.717, 1.165) is 0 Å². The summed E-state index contributed by atoms with van der Waals surface area (Å²) in [5.41, 5.74) is 6.69. The van der Waals surface area contributed by atoms with Gasteiger partial charge in [-0.3, -0.25) is 0 Å². The van der Waals surface area contributed by atoms with Crippen molar-refractivity contribution >= 4 is 0 Å². The van der Waals surface area contributed by atoms with Gasteiger partial charge in [0.05, 0.1) is 0 Å². The molecule has 0 fully saturated rings. The predicted molar refractivity (Wildman–Crippen MR) is 66.1 cm³/mol. The molecule has 0 amide bonds. The molecule has 0 aliphatic rings. The molecule has 0 atom stereocenters. The van der Waals surface area contributed by atoms with Crippen molar-refractivity contribution in [2.45, 2.75) is 20.8 Å². The van der Waals surface area contributed by atoms with Crippen LogP contribution in [0, 0.1) is 20.8 Å². The lowest BCUT2D eigenvalue weighted by atomic mass is 9.95. The molecule has 0 nitrogen and oxygen atoms in total. The summed E-state index contributed by atoms with van der Waals surface area (Å²) < 4.78 is 0. The third-order valence-electron chi connectivity index (χ3n) is 2.82. The van der Waals surface area contributed by atoms with Crippen molar-refractivity contribution in [1.82, 2.24) is 0 Å². The monoisotopic (exact) mass is 196 g/mol. The van der Waals surface area contributed by atoms with E-state index in [1.165, 1.54) is 27.8 Å². The van der Waals surface area contributed by atoms with Gasteiger partial charge in [-0.2, -0.15) is 0 Å². The zero-order valence-corrected chi connectivity index (χ0v) is 9.54. The fourth-order valence-electron chi connectivity index (χ4n) is 1.99. The summed E-state index contributed by atoms with van der Waals surface area (Å²) in [5.74, 6) is 0. The van der Waals surface area contributed by atoms with Gasteiger partial charge >= 0.3 is 0 Å². The van der Waals surface area contributed by atoms with Crippen LogP contribution in [0.5, 0.6) is 0 Å². The Balaban J connectivity index is 2.58. The minimum atomic E-state index is 1.31. The molecule has 0 heterocycles. The van der Waals surface area contributed by atoms with E-state index in [2.05, 4.69) is 63.2 Å². The number of hydrogen-bond acceptors (Lipinski definition) is 0. The van der Waals surface area contributed by atoms with Gasteiger partial charge in [-0.25, -0.2) is 0 Å². The highest BCUT2D eigenvalue weighted by Gasteiger charge is 2.03. The van der Waals surface area contributed by atoms with Crippen molar-refractivity contribution in [2.24, 2.45) is 0 Å². The number of benzene rings is 2. The van der Waals surface area contributed by atoms with Crippen LogP contribution in [-0.4, -0.2) is 0 Å². The van der Waals surface area contributed by atoms with Crippen LogP contribution >= 0.6 is 0 Å². The maximum atomic E-state index is 2.20. The van der Waals surface area contributed by atoms with E-state index >= 15 is 0 Å². The first-order chi connectivity index (χ1) is 7.18. The average Bonchev–Trinajstić information content (AvgIpc) is 2.20. The van der Waals surface area contributed by atoms with E-state index in [1.54, 1.807) is 0 Å². The van der Waals surface area contributed by atoms with Gasteiger partial charge in [-0.1, -0.05) is 48.0 Å². The molecule has 0 aliphatic carbocycles. The molecule has 2 rings (SSSR count). The van der Waals surface area contributed by atoms with Crippen LogP contribution in [0.4, 0.5) is 0 Å². The van der Waals surface area contributed by atoms with Crippen LogP contribution in [0.25, 0.3) is 11.1 Å². The van der Waals surface area contributed by atoms with Crippen molar-refractivity contribution in [2.75, 3.05) is 0 Å². The normalized spacial score (nSPS) is 10.3. The second-order valence-corrected chi connectivity index (χ2v) is 4.13. The molecule has 0 aliphatic heterocycles. The first-order valence-corrected chi connectivity index (χ1v) is 5.32. The lowest BCUT2D eigenvalue weighted by molar-refractivity contribution is 1.37. The minimum absolute atomic E-state index is 1.31. The van der Waals surface area contributed by atoms with Gasteiger partial charge in [0.15, 0.2) is 0 Å². The van der Waals surface area contributed by atoms with Gasteiger partial charge < -0.3 is 0 Å². The van der Waals surface area contributed by atoms with Gasteiger partial charge in [0.1, 0.15) is 0 Å². The molecule has 0 heteroatoms. The maximum Gasteiger partial charge on any atom is -0.0125 e. The Kier molecular flexibility index (Phi) is 2.59. The summed E-state index contributed by atoms with van der Waals surface area (Å²) in [6, 6.07) is 15.2. The average molecular weight is 196 g/mol. The van der Waals surface area contributed by atoms with Gasteiger partial charge in [-0.05, 0) is 43.0 Å². The Bertz CT molecular complexity index is 444. The maximum absolute atomic E-state index is 2.20. The molecule has 15 heavy (non-hydrogen) atoms. The summed E-state index contributed by atoms with van der Waals surface area (Å²) in [7, 11) is 0. The predicted octanol–water partition coefficient (Wildman–Crippen LogP) is 4.28. The summed E-state index contributed by atoms with van der Waals surface area (Å²) >= 11 is 0. The van der Waals surface area contributed by atoms with Crippen molar-refractivity contribution in [3.05, 3.63) is 59.2 Å². The quantitative estimate of drug-likeness (QED) is 0.638. The molecule has 0 unspecified atom stereocenters. The Morgan fingerprint density at radius 1 is 0.667 bits per heavy atom. The van der Waals surface area contributed by atoms with Crippen LogP contribution in [0.2, 0.25) is 0 Å². The molecule has 0 spiro atoms. The summed E-state index contributed by atoms with van der Waals surface area (Å²) in [6.45, 7) is 6.46. The van der Waals surface area contributed by atoms with E-state index in [1.807, 2.05) is 0 Å². The Labute approximate surface area is 91.6 Å². The second kappa shape index (κ2) is 3.90. The Hall–Kier alpha value is -1.56. The fraction of sp³-hybridized carbons (Fsp3) is 0.200. The molecule has 0 N–H and O–H groups in total. The van der Waals surface area contributed by atoms with Crippen molar-refractivity contribution in [3.63, 3.8) is 0 Å². The van der Waals surface area contributed by atoms with Crippen molar-refractivity contribution < 1.29 is 0 Å². The summed E-state index contributed by atoms with van der Waals surface area (Å²) in [6.07, 6.45) is 0. The molecular formula is C15H16. The first kappa shape index (κ1) is 9.97. The van der Waals surface area contributed by atoms with Crippen LogP contribution in [0.1, 0.15) is 16.7 Å². The molecular weight excluding hydrogens is 180 g/mol. The fourth-order valence-corrected chi connectivity index (χ4v) is 1.99. The smallest absolute Gasteiger partial charge is 0.0125 e. The summed E-state index contributed by atoms with van der Waals surface area (Å²) in [5, 5.41) is 0. The van der Waals surface area contributed by atoms with Gasteiger partial charge in [-0.15, -0.1) is 0 Å². The lowest BCUT2D eigenvalue weighted by Crippen LogP contribution is -1.87. The standard InChI is InChI=1S/C15H16/c1-11-7-9-14(10-8-11)15-12(2)5-4-6-13(15)3/h4-10H,1-3H3. The second-order valence-electron chi connectivity index (χ2n) is 4.13. The van der Waals surface area contributed by atoms with Crippen LogP contribution < -0.4 is 0 Å². The van der Waals surface area contributed by atoms with Crippen LogP contribution in [-0.2, 0) is 0 Å². The number of rotatable bonds is 1. The Morgan fingerprint density at radius 3 is 1.73 bits per heavy atom. The molecule has 0 saturated heterocycles. The minimum Gasteiger partial charge on any atom is -0.0617 e. The third kappa shape index (κ3) is 1.94. The first-order valence-electron chi connectivity index (χ1n) is 5.32. The number of hydrogen-bond donors (Lipinski definition) is 0. The van der Waals surface area contributed by atoms with Crippen LogP contribution in [0.15, 0.2) is 42.5 Å². The zero-order valence-electron chi connectivity index (χ0n) is 9.54. The molecule has 0 aromatic heterocycles. The molecule has 0 saturated carbocycles. The van der Waals surface area contributed by atoms with Crippen molar-refractivity contribution in [3.8, 4) is 11.1 Å². The Morgan fingerprint density at radius 2 is 1.20 bits per heavy atom. The van der Waals surface area contributed by atoms with Crippen molar-refractivity contribution in [1.29, 1.82) is 0 Å². The van der Waals surface area contributed by atoms with E-state index in [4.69, 9.17) is 0 Å².